The van der Waals surface area contributed by atoms with Crippen molar-refractivity contribution in [1.29, 1.82) is 0 Å². The summed E-state index contributed by atoms with van der Waals surface area (Å²) in [6, 6.07) is 0. The first-order chi connectivity index (χ1) is 9.56. The Hall–Kier alpha value is -0.330. The van der Waals surface area contributed by atoms with E-state index in [0.717, 1.165) is 25.2 Å². The summed E-state index contributed by atoms with van der Waals surface area (Å²) in [5.74, 6) is 1.74. The molecule has 0 saturated heterocycles. The maximum atomic E-state index is 11.6. The smallest absolute Gasteiger partial charge is 0.136 e. The summed E-state index contributed by atoms with van der Waals surface area (Å²) in [5.41, 5.74) is 0.370. The molecule has 2 aliphatic rings. The highest BCUT2D eigenvalue weighted by Gasteiger charge is 2.48. The number of hydrogen-bond donors (Lipinski definition) is 0. The third kappa shape index (κ3) is 4.60. The highest BCUT2D eigenvalue weighted by Crippen LogP contribution is 2.53. The van der Waals surface area contributed by atoms with Gasteiger partial charge in [0.1, 0.15) is 5.78 Å². The second-order valence-corrected chi connectivity index (χ2v) is 7.27. The van der Waals surface area contributed by atoms with Crippen LogP contribution in [0.3, 0.4) is 0 Å². The van der Waals surface area contributed by atoms with Gasteiger partial charge in [0.05, 0.1) is 0 Å². The minimum Gasteiger partial charge on any atom is -0.299 e. The van der Waals surface area contributed by atoms with Crippen LogP contribution in [0.2, 0.25) is 0 Å². The molecule has 2 fully saturated rings. The number of unbranched alkanes of at least 4 members (excludes halogenated alkanes) is 5. The molecule has 0 aromatic rings. The number of fused-ring (bicyclic) bond motifs is 1. The number of carbonyl (C=O) groups excluding carboxylic acids is 1. The Bertz CT molecular complexity index is 283. The van der Waals surface area contributed by atoms with Crippen molar-refractivity contribution in [1.82, 2.24) is 0 Å². The molecule has 0 amide bonds. The van der Waals surface area contributed by atoms with Crippen LogP contribution in [0.25, 0.3) is 0 Å². The van der Waals surface area contributed by atoms with E-state index >= 15 is 0 Å². The van der Waals surface area contributed by atoms with E-state index in [0.29, 0.717) is 17.1 Å². The number of rotatable bonds is 5. The molecule has 20 heavy (non-hydrogen) atoms. The van der Waals surface area contributed by atoms with Crippen LogP contribution in [-0.4, -0.2) is 5.78 Å². The first-order valence-electron chi connectivity index (χ1n) is 9.09. The lowest BCUT2D eigenvalue weighted by Gasteiger charge is -2.38. The molecule has 0 radical (unpaired) electrons. The van der Waals surface area contributed by atoms with Crippen molar-refractivity contribution in [3.05, 3.63) is 0 Å². The molecule has 3 atom stereocenters. The molecule has 0 bridgehead atoms. The average Bonchev–Trinajstić information content (AvgIpc) is 2.73. The molecule has 120 valence electrons. The molecule has 0 spiro atoms. The maximum Gasteiger partial charge on any atom is 0.136 e. The standard InChI is InChI=1S/C11H18O.C8H18.H2/c1-8-5-6-9-10(12)4-3-7-11(8,9)2;1-3-5-7-8-6-4-2;/h8-9H,3-7H2,1-2H3;3-8H2,1-2H3;1H/t8?,9?,11-;;/m1../s1. The van der Waals surface area contributed by atoms with Gasteiger partial charge in [-0.1, -0.05) is 66.2 Å². The number of Topliss-reactive ketones (excluding diaryl/α,β-unsaturated/α-hetero) is 1. The fraction of sp³-hybridized carbons (Fsp3) is 0.947. The van der Waals surface area contributed by atoms with Gasteiger partial charge in [0, 0.05) is 13.8 Å². The summed E-state index contributed by atoms with van der Waals surface area (Å²) in [5, 5.41) is 0. The normalized spacial score (nSPS) is 32.5. The van der Waals surface area contributed by atoms with Crippen molar-refractivity contribution in [2.45, 2.75) is 98.3 Å². The molecule has 0 N–H and O–H groups in total. The van der Waals surface area contributed by atoms with Crippen LogP contribution in [-0.2, 0) is 4.79 Å². The van der Waals surface area contributed by atoms with Crippen LogP contribution >= 0.6 is 0 Å². The van der Waals surface area contributed by atoms with Gasteiger partial charge in [-0.3, -0.25) is 4.79 Å². The van der Waals surface area contributed by atoms with E-state index in [1.807, 2.05) is 0 Å². The van der Waals surface area contributed by atoms with E-state index in [-0.39, 0.29) is 1.43 Å². The second kappa shape index (κ2) is 8.85. The highest BCUT2D eigenvalue weighted by atomic mass is 16.1. The van der Waals surface area contributed by atoms with Crippen LogP contribution < -0.4 is 0 Å². The van der Waals surface area contributed by atoms with Crippen molar-refractivity contribution in [2.75, 3.05) is 0 Å². The van der Waals surface area contributed by atoms with Gasteiger partial charge in [-0.15, -0.1) is 0 Å². The van der Waals surface area contributed by atoms with E-state index in [4.69, 9.17) is 0 Å². The molecule has 2 rings (SSSR count). The Morgan fingerprint density at radius 1 is 1.10 bits per heavy atom. The number of ketones is 1. The predicted molar refractivity (Wildman–Crippen MR) is 90.0 cm³/mol. The largest absolute Gasteiger partial charge is 0.299 e. The monoisotopic (exact) mass is 282 g/mol. The van der Waals surface area contributed by atoms with Gasteiger partial charge in [-0.25, -0.2) is 0 Å². The number of carbonyl (C=O) groups is 1. The molecule has 0 aromatic carbocycles. The summed E-state index contributed by atoms with van der Waals surface area (Å²) in [7, 11) is 0. The molecule has 0 heterocycles. The van der Waals surface area contributed by atoms with E-state index in [9.17, 15) is 4.79 Å². The van der Waals surface area contributed by atoms with Gasteiger partial charge in [-0.2, -0.15) is 0 Å². The van der Waals surface area contributed by atoms with Gasteiger partial charge in [0.15, 0.2) is 0 Å². The Kier molecular flexibility index (Phi) is 7.84. The zero-order valence-corrected chi connectivity index (χ0v) is 14.3. The molecule has 1 nitrogen and oxygen atoms in total. The minimum atomic E-state index is 0. The van der Waals surface area contributed by atoms with Crippen molar-refractivity contribution < 1.29 is 6.22 Å². The van der Waals surface area contributed by atoms with Crippen LogP contribution in [0.4, 0.5) is 0 Å². The van der Waals surface area contributed by atoms with Gasteiger partial charge in [-0.05, 0) is 37.0 Å². The lowest BCUT2D eigenvalue weighted by atomic mass is 9.65. The third-order valence-corrected chi connectivity index (χ3v) is 5.79. The van der Waals surface area contributed by atoms with E-state index < -0.39 is 0 Å². The lowest BCUT2D eigenvalue weighted by Crippen LogP contribution is -2.36. The minimum absolute atomic E-state index is 0. The number of hydrogen-bond acceptors (Lipinski definition) is 1. The van der Waals surface area contributed by atoms with Crippen LogP contribution in [0.15, 0.2) is 0 Å². The van der Waals surface area contributed by atoms with Crippen LogP contribution in [0.1, 0.15) is 99.8 Å². The Morgan fingerprint density at radius 2 is 1.70 bits per heavy atom. The highest BCUT2D eigenvalue weighted by molar-refractivity contribution is 5.83. The molecule has 2 aliphatic carbocycles. The SMILES string of the molecule is CC1CCC2C(=O)CCC[C@]12C.CCCCCCCC.[HH]. The third-order valence-electron chi connectivity index (χ3n) is 5.79. The first-order valence-corrected chi connectivity index (χ1v) is 9.09. The molecule has 1 heteroatoms. The molecular formula is C19H38O. The van der Waals surface area contributed by atoms with Gasteiger partial charge in [0.2, 0.25) is 0 Å². The summed E-state index contributed by atoms with van der Waals surface area (Å²) >= 11 is 0. The lowest BCUT2D eigenvalue weighted by molar-refractivity contribution is -0.129. The van der Waals surface area contributed by atoms with E-state index in [1.165, 1.54) is 51.4 Å². The molecule has 0 aromatic heterocycles. The Labute approximate surface area is 128 Å². The topological polar surface area (TPSA) is 17.1 Å². The van der Waals surface area contributed by atoms with Crippen LogP contribution in [0.5, 0.6) is 0 Å². The van der Waals surface area contributed by atoms with Crippen molar-refractivity contribution in [3.63, 3.8) is 0 Å². The summed E-state index contributed by atoms with van der Waals surface area (Å²) in [6.07, 6.45) is 14.2. The van der Waals surface area contributed by atoms with E-state index in [2.05, 4.69) is 27.7 Å². The van der Waals surface area contributed by atoms with Crippen molar-refractivity contribution in [3.8, 4) is 0 Å². The van der Waals surface area contributed by atoms with Gasteiger partial charge in [0.25, 0.3) is 0 Å². The van der Waals surface area contributed by atoms with Crippen LogP contribution in [0, 0.1) is 17.3 Å². The molecular weight excluding hydrogens is 244 g/mol. The Balaban J connectivity index is 0.000000397. The van der Waals surface area contributed by atoms with Gasteiger partial charge < -0.3 is 0 Å². The summed E-state index contributed by atoms with van der Waals surface area (Å²) in [4.78, 5) is 11.6. The zero-order chi connectivity index (χ0) is 15.0. The van der Waals surface area contributed by atoms with E-state index in [1.54, 1.807) is 0 Å². The Morgan fingerprint density at radius 3 is 2.20 bits per heavy atom. The second-order valence-electron chi connectivity index (χ2n) is 7.27. The van der Waals surface area contributed by atoms with Gasteiger partial charge >= 0.3 is 0 Å². The molecule has 2 unspecified atom stereocenters. The predicted octanol–water partition coefficient (Wildman–Crippen LogP) is 6.40. The quantitative estimate of drug-likeness (QED) is 0.533. The molecule has 2 saturated carbocycles. The molecule has 0 aliphatic heterocycles. The maximum absolute atomic E-state index is 11.6. The average molecular weight is 283 g/mol. The first kappa shape index (κ1) is 17.7. The van der Waals surface area contributed by atoms with Crippen molar-refractivity contribution >= 4 is 5.78 Å². The summed E-state index contributed by atoms with van der Waals surface area (Å²) in [6.45, 7) is 9.16. The fourth-order valence-electron chi connectivity index (χ4n) is 4.04. The zero-order valence-electron chi connectivity index (χ0n) is 14.3. The summed E-state index contributed by atoms with van der Waals surface area (Å²) < 4.78 is 0. The van der Waals surface area contributed by atoms with Crippen molar-refractivity contribution in [2.24, 2.45) is 17.3 Å². The fourth-order valence-corrected chi connectivity index (χ4v) is 4.04.